The second kappa shape index (κ2) is 7.08. The number of thiophene rings is 1. The van der Waals surface area contributed by atoms with Gasteiger partial charge in [-0.3, -0.25) is 9.20 Å². The molecule has 0 saturated carbocycles. The molecule has 4 heterocycles. The molecule has 1 N–H and O–H groups in total. The van der Waals surface area contributed by atoms with Crippen LogP contribution in [-0.2, 0) is 0 Å². The van der Waals surface area contributed by atoms with Crippen LogP contribution in [0, 0.1) is 0 Å². The van der Waals surface area contributed by atoms with Gasteiger partial charge in [-0.05, 0) is 18.4 Å². The maximum atomic E-state index is 12.5. The number of thiazole rings is 1. The summed E-state index contributed by atoms with van der Waals surface area (Å²) < 4.78 is 1.96. The fraction of sp³-hybridized carbons (Fsp3) is 0.353. The topological polar surface area (TPSA) is 70.0 Å². The molecule has 1 fully saturated rings. The molecule has 26 heavy (non-hydrogen) atoms. The van der Waals surface area contributed by atoms with Crippen molar-refractivity contribution >= 4 is 39.6 Å². The van der Waals surface area contributed by atoms with Crippen molar-refractivity contribution in [2.45, 2.75) is 13.0 Å². The van der Waals surface area contributed by atoms with Crippen LogP contribution in [0.15, 0.2) is 35.3 Å². The molecule has 3 aromatic heterocycles. The number of piperazine rings is 1. The van der Waals surface area contributed by atoms with Crippen molar-refractivity contribution in [2.24, 2.45) is 0 Å². The van der Waals surface area contributed by atoms with E-state index in [1.807, 2.05) is 51.5 Å². The number of hydrogen-bond acceptors (Lipinski definition) is 5. The van der Waals surface area contributed by atoms with Gasteiger partial charge in [0.25, 0.3) is 5.91 Å². The molecular formula is C17H19N5O2S2. The number of nitrogens with one attached hydrogen (secondary N) is 1. The largest absolute Gasteiger partial charge is 0.334 e. The summed E-state index contributed by atoms with van der Waals surface area (Å²) in [6, 6.07) is 3.43. The highest BCUT2D eigenvalue weighted by molar-refractivity contribution is 7.15. The van der Waals surface area contributed by atoms with Gasteiger partial charge in [-0.15, -0.1) is 22.7 Å². The Morgan fingerprint density at radius 1 is 1.15 bits per heavy atom. The molecule has 0 aromatic carbocycles. The van der Waals surface area contributed by atoms with Gasteiger partial charge < -0.3 is 15.1 Å². The highest BCUT2D eigenvalue weighted by Crippen LogP contribution is 2.18. The summed E-state index contributed by atoms with van der Waals surface area (Å²) in [4.78, 5) is 34.7. The number of carbonyl (C=O) groups excluding carboxylic acids is 2. The predicted octanol–water partition coefficient (Wildman–Crippen LogP) is 2.69. The molecular weight excluding hydrogens is 370 g/mol. The Balaban J connectivity index is 1.32. The fourth-order valence-corrected chi connectivity index (χ4v) is 4.37. The number of hydrogen-bond donors (Lipinski definition) is 1. The Morgan fingerprint density at radius 3 is 2.62 bits per heavy atom. The van der Waals surface area contributed by atoms with Crippen LogP contribution in [0.1, 0.15) is 28.3 Å². The average molecular weight is 390 g/mol. The number of amides is 3. The Labute approximate surface area is 158 Å². The van der Waals surface area contributed by atoms with Crippen LogP contribution in [0.5, 0.6) is 0 Å². The van der Waals surface area contributed by atoms with E-state index in [2.05, 4.69) is 10.3 Å². The Morgan fingerprint density at radius 2 is 1.92 bits per heavy atom. The third-order valence-corrected chi connectivity index (χ3v) is 6.11. The van der Waals surface area contributed by atoms with Gasteiger partial charge in [0, 0.05) is 44.0 Å². The van der Waals surface area contributed by atoms with Gasteiger partial charge in [0.1, 0.15) is 0 Å². The van der Waals surface area contributed by atoms with Gasteiger partial charge in [-0.2, -0.15) is 0 Å². The standard InChI is InChI=1S/C17H19N5O2S2/c1-12(13-11-22-8-10-26-17(22)19-13)18-16(24)21-6-4-20(5-7-21)15(23)14-3-2-9-25-14/h2-3,8-12H,4-7H2,1H3,(H,18,24)/t12-/m1/s1. The lowest BCUT2D eigenvalue weighted by molar-refractivity contribution is 0.0668. The van der Waals surface area contributed by atoms with E-state index in [1.165, 1.54) is 11.3 Å². The number of carbonyl (C=O) groups is 2. The molecule has 1 saturated heterocycles. The van der Waals surface area contributed by atoms with Gasteiger partial charge in [0.15, 0.2) is 4.96 Å². The lowest BCUT2D eigenvalue weighted by Crippen LogP contribution is -2.53. The Hall–Kier alpha value is -2.39. The molecule has 1 aliphatic rings. The number of urea groups is 1. The van der Waals surface area contributed by atoms with Crippen LogP contribution in [0.2, 0.25) is 0 Å². The maximum Gasteiger partial charge on any atom is 0.318 e. The zero-order valence-corrected chi connectivity index (χ0v) is 15.9. The van der Waals surface area contributed by atoms with Crippen molar-refractivity contribution < 1.29 is 9.59 Å². The zero-order valence-electron chi connectivity index (χ0n) is 14.3. The minimum Gasteiger partial charge on any atom is -0.334 e. The molecule has 0 unspecified atom stereocenters. The van der Waals surface area contributed by atoms with Crippen molar-refractivity contribution in [3.8, 4) is 0 Å². The summed E-state index contributed by atoms with van der Waals surface area (Å²) in [5.74, 6) is 0.0477. The summed E-state index contributed by atoms with van der Waals surface area (Å²) in [7, 11) is 0. The highest BCUT2D eigenvalue weighted by Gasteiger charge is 2.26. The summed E-state index contributed by atoms with van der Waals surface area (Å²) in [6.45, 7) is 4.11. The van der Waals surface area contributed by atoms with Crippen molar-refractivity contribution in [3.63, 3.8) is 0 Å². The summed E-state index contributed by atoms with van der Waals surface area (Å²) >= 11 is 3.01. The van der Waals surface area contributed by atoms with E-state index in [4.69, 9.17) is 0 Å². The van der Waals surface area contributed by atoms with Crippen LogP contribution < -0.4 is 5.32 Å². The molecule has 7 nitrogen and oxygen atoms in total. The number of fused-ring (bicyclic) bond motifs is 1. The number of nitrogens with zero attached hydrogens (tertiary/aromatic N) is 4. The van der Waals surface area contributed by atoms with Crippen molar-refractivity contribution in [3.05, 3.63) is 45.9 Å². The van der Waals surface area contributed by atoms with Crippen LogP contribution in [0.25, 0.3) is 4.96 Å². The predicted molar refractivity (Wildman–Crippen MR) is 102 cm³/mol. The third kappa shape index (κ3) is 3.32. The van der Waals surface area contributed by atoms with Crippen molar-refractivity contribution in [1.82, 2.24) is 24.5 Å². The average Bonchev–Trinajstić information content (AvgIpc) is 3.37. The summed E-state index contributed by atoms with van der Waals surface area (Å²) in [5.41, 5.74) is 0.844. The quantitative estimate of drug-likeness (QED) is 0.749. The lowest BCUT2D eigenvalue weighted by atomic mass is 10.2. The van der Waals surface area contributed by atoms with E-state index >= 15 is 0 Å². The molecule has 0 spiro atoms. The molecule has 1 aliphatic heterocycles. The number of imidazole rings is 1. The van der Waals surface area contributed by atoms with Crippen LogP contribution in [-0.4, -0.2) is 57.3 Å². The first kappa shape index (κ1) is 17.0. The Kier molecular flexibility index (Phi) is 4.64. The molecule has 0 bridgehead atoms. The minimum absolute atomic E-state index is 0.0477. The first-order valence-corrected chi connectivity index (χ1v) is 10.2. The molecule has 4 rings (SSSR count). The molecule has 3 aromatic rings. The number of aromatic nitrogens is 2. The molecule has 136 valence electrons. The van der Waals surface area contributed by atoms with E-state index in [1.54, 1.807) is 16.2 Å². The molecule has 1 atom stereocenters. The SMILES string of the molecule is C[C@@H](NC(=O)N1CCN(C(=O)c2cccs2)CC1)c1cn2ccsc2n1. The fourth-order valence-electron chi connectivity index (χ4n) is 2.97. The van der Waals surface area contributed by atoms with Crippen molar-refractivity contribution in [2.75, 3.05) is 26.2 Å². The van der Waals surface area contributed by atoms with Crippen molar-refractivity contribution in [1.29, 1.82) is 0 Å². The maximum absolute atomic E-state index is 12.5. The highest BCUT2D eigenvalue weighted by atomic mass is 32.1. The normalized spacial score (nSPS) is 16.0. The first-order chi connectivity index (χ1) is 12.6. The zero-order chi connectivity index (χ0) is 18.1. The van der Waals surface area contributed by atoms with Gasteiger partial charge in [-0.1, -0.05) is 6.07 Å². The van der Waals surface area contributed by atoms with E-state index in [9.17, 15) is 9.59 Å². The van der Waals surface area contributed by atoms with Gasteiger partial charge in [-0.25, -0.2) is 9.78 Å². The first-order valence-electron chi connectivity index (χ1n) is 8.42. The van der Waals surface area contributed by atoms with Gasteiger partial charge in [0.05, 0.1) is 16.6 Å². The second-order valence-corrected chi connectivity index (χ2v) is 8.01. The van der Waals surface area contributed by atoms with Crippen LogP contribution >= 0.6 is 22.7 Å². The summed E-state index contributed by atoms with van der Waals surface area (Å²) in [5, 5.41) is 6.88. The lowest BCUT2D eigenvalue weighted by Gasteiger charge is -2.35. The monoisotopic (exact) mass is 389 g/mol. The molecule has 0 radical (unpaired) electrons. The smallest absolute Gasteiger partial charge is 0.318 e. The summed E-state index contributed by atoms with van der Waals surface area (Å²) in [6.07, 6.45) is 3.89. The minimum atomic E-state index is -0.166. The second-order valence-electron chi connectivity index (χ2n) is 6.19. The van der Waals surface area contributed by atoms with Crippen LogP contribution in [0.4, 0.5) is 4.79 Å². The van der Waals surface area contributed by atoms with E-state index in [-0.39, 0.29) is 18.0 Å². The third-order valence-electron chi connectivity index (χ3n) is 4.48. The van der Waals surface area contributed by atoms with Gasteiger partial charge in [0.2, 0.25) is 0 Å². The molecule has 0 aliphatic carbocycles. The van der Waals surface area contributed by atoms with E-state index in [0.717, 1.165) is 15.5 Å². The van der Waals surface area contributed by atoms with E-state index in [0.29, 0.717) is 26.2 Å². The van der Waals surface area contributed by atoms with E-state index < -0.39 is 0 Å². The Bertz CT molecular complexity index is 880. The van der Waals surface area contributed by atoms with Gasteiger partial charge >= 0.3 is 6.03 Å². The molecule has 9 heteroatoms. The van der Waals surface area contributed by atoms with Crippen LogP contribution in [0.3, 0.4) is 0 Å². The number of rotatable bonds is 3. The molecule has 3 amide bonds.